The normalized spacial score (nSPS) is 12.6. The fourth-order valence-electron chi connectivity index (χ4n) is 2.77. The first-order chi connectivity index (χ1) is 12.5. The number of rotatable bonds is 2. The third-order valence-corrected chi connectivity index (χ3v) is 3.97. The van der Waals surface area contributed by atoms with Crippen LogP contribution in [0.4, 0.5) is 17.2 Å². The first kappa shape index (κ1) is 16.3. The lowest BCUT2D eigenvalue weighted by molar-refractivity contribution is -0.111. The Balaban J connectivity index is 2.33. The highest BCUT2D eigenvalue weighted by molar-refractivity contribution is 5.99. The van der Waals surface area contributed by atoms with Gasteiger partial charge in [-0.15, -0.1) is 0 Å². The van der Waals surface area contributed by atoms with Crippen LogP contribution in [-0.4, -0.2) is 10.5 Å². The molecule has 1 aromatic carbocycles. The van der Waals surface area contributed by atoms with Crippen molar-refractivity contribution in [2.75, 3.05) is 10.6 Å². The van der Waals surface area contributed by atoms with Gasteiger partial charge in [-0.2, -0.15) is 15.8 Å². The van der Waals surface area contributed by atoms with Gasteiger partial charge in [0.1, 0.15) is 23.5 Å². The van der Waals surface area contributed by atoms with Gasteiger partial charge in [0.15, 0.2) is 0 Å². The maximum absolute atomic E-state index is 11.5. The molecule has 0 radical (unpaired) electrons. The molecule has 1 aromatic heterocycles. The molecule has 0 saturated heterocycles. The number of carbonyl (C=O) groups is 1. The molecule has 1 aliphatic heterocycles. The number of benzene rings is 1. The number of nitriles is 3. The average molecular weight is 339 g/mol. The topological polar surface area (TPSA) is 122 Å². The Morgan fingerprint density at radius 3 is 2.69 bits per heavy atom. The monoisotopic (exact) mass is 339 g/mol. The first-order valence-electron chi connectivity index (χ1n) is 7.25. The molecular formula is C18H9N7O. The minimum absolute atomic E-state index is 0.0426. The van der Waals surface area contributed by atoms with Crippen LogP contribution in [-0.2, 0) is 10.3 Å². The Morgan fingerprint density at radius 2 is 2.12 bits per heavy atom. The van der Waals surface area contributed by atoms with E-state index in [1.54, 1.807) is 18.2 Å². The van der Waals surface area contributed by atoms with Crippen LogP contribution < -0.4 is 10.6 Å². The van der Waals surface area contributed by atoms with Crippen LogP contribution in [0.1, 0.15) is 11.1 Å². The molecule has 1 aliphatic rings. The van der Waals surface area contributed by atoms with E-state index in [0.29, 0.717) is 16.9 Å². The van der Waals surface area contributed by atoms with Crippen molar-refractivity contribution in [3.05, 3.63) is 59.6 Å². The van der Waals surface area contributed by atoms with Gasteiger partial charge in [-0.3, -0.25) is 4.79 Å². The number of aromatic nitrogens is 1. The highest BCUT2D eigenvalue weighted by Gasteiger charge is 2.41. The summed E-state index contributed by atoms with van der Waals surface area (Å²) in [6, 6.07) is 10.5. The summed E-state index contributed by atoms with van der Waals surface area (Å²) in [6.45, 7) is 10.6. The molecule has 8 nitrogen and oxygen atoms in total. The second-order valence-electron chi connectivity index (χ2n) is 5.36. The van der Waals surface area contributed by atoms with E-state index >= 15 is 0 Å². The number of amides is 1. The fourth-order valence-corrected chi connectivity index (χ4v) is 2.77. The Kier molecular flexibility index (Phi) is 3.66. The molecule has 0 atom stereocenters. The third-order valence-electron chi connectivity index (χ3n) is 3.97. The van der Waals surface area contributed by atoms with E-state index in [0.717, 1.165) is 6.08 Å². The summed E-state index contributed by atoms with van der Waals surface area (Å²) in [6.07, 6.45) is 2.56. The van der Waals surface area contributed by atoms with E-state index in [-0.39, 0.29) is 17.1 Å². The zero-order valence-electron chi connectivity index (χ0n) is 13.2. The Hall–Kier alpha value is -4.53. The van der Waals surface area contributed by atoms with Crippen LogP contribution in [0.2, 0.25) is 0 Å². The van der Waals surface area contributed by atoms with E-state index < -0.39 is 11.4 Å². The lowest BCUT2D eigenvalue weighted by Gasteiger charge is -2.31. The van der Waals surface area contributed by atoms with E-state index in [1.165, 1.54) is 10.8 Å². The quantitative estimate of drug-likeness (QED) is 0.643. The molecule has 122 valence electrons. The van der Waals surface area contributed by atoms with Crippen molar-refractivity contribution in [3.8, 4) is 23.9 Å². The van der Waals surface area contributed by atoms with Gasteiger partial charge in [-0.1, -0.05) is 12.6 Å². The Labute approximate surface area is 148 Å². The van der Waals surface area contributed by atoms with Gasteiger partial charge in [0, 0.05) is 17.4 Å². The number of carbonyl (C=O) groups excluding carboxylic acids is 1. The van der Waals surface area contributed by atoms with Crippen molar-refractivity contribution in [2.45, 2.75) is 5.54 Å². The van der Waals surface area contributed by atoms with Crippen molar-refractivity contribution in [3.63, 3.8) is 0 Å². The summed E-state index contributed by atoms with van der Waals surface area (Å²) in [5.74, 6) is -0.237. The molecule has 2 heterocycles. The maximum Gasteiger partial charge on any atom is 0.247 e. The first-order valence-corrected chi connectivity index (χ1v) is 7.25. The molecule has 2 aromatic rings. The van der Waals surface area contributed by atoms with Crippen molar-refractivity contribution < 1.29 is 4.79 Å². The summed E-state index contributed by atoms with van der Waals surface area (Å²) < 4.78 is 1.53. The van der Waals surface area contributed by atoms with Gasteiger partial charge >= 0.3 is 0 Å². The van der Waals surface area contributed by atoms with Gasteiger partial charge in [0.25, 0.3) is 0 Å². The molecule has 1 amide bonds. The average Bonchev–Trinajstić information content (AvgIpc) is 3.04. The fraction of sp³-hybridized carbons (Fsp3) is 0.0556. The largest absolute Gasteiger partial charge is 0.338 e. The summed E-state index contributed by atoms with van der Waals surface area (Å²) in [5, 5.41) is 34.0. The molecule has 0 saturated carbocycles. The number of hydrogen-bond acceptors (Lipinski definition) is 5. The summed E-state index contributed by atoms with van der Waals surface area (Å²) >= 11 is 0. The SMILES string of the molecule is [C-]#[N+]c1cn2c(c1C#N)NC(C#N)(C#N)c1ccc(NC(=O)C=C)cc1-2. The van der Waals surface area contributed by atoms with E-state index in [2.05, 4.69) is 22.1 Å². The molecule has 3 rings (SSSR count). The maximum atomic E-state index is 11.5. The number of hydrogen-bond donors (Lipinski definition) is 2. The van der Waals surface area contributed by atoms with Gasteiger partial charge in [-0.25, -0.2) is 4.85 Å². The lowest BCUT2D eigenvalue weighted by atomic mass is 9.89. The van der Waals surface area contributed by atoms with Crippen LogP contribution in [0.5, 0.6) is 0 Å². The van der Waals surface area contributed by atoms with E-state index in [4.69, 9.17) is 6.57 Å². The van der Waals surface area contributed by atoms with Crippen LogP contribution in [0.15, 0.2) is 37.1 Å². The molecule has 0 fully saturated rings. The van der Waals surface area contributed by atoms with Crippen molar-refractivity contribution >= 4 is 23.1 Å². The van der Waals surface area contributed by atoms with Crippen LogP contribution in [0.25, 0.3) is 10.5 Å². The smallest absolute Gasteiger partial charge is 0.247 e. The molecule has 2 N–H and O–H groups in total. The van der Waals surface area contributed by atoms with E-state index in [9.17, 15) is 20.6 Å². The number of fused-ring (bicyclic) bond motifs is 3. The second kappa shape index (κ2) is 5.83. The minimum atomic E-state index is -1.73. The molecule has 26 heavy (non-hydrogen) atoms. The summed E-state index contributed by atoms with van der Waals surface area (Å²) in [7, 11) is 0. The number of anilines is 2. The standard InChI is InChI=1S/C18H9N7O/c1-3-16(26)23-11-4-5-13-15(6-11)25-8-14(22-2)12(7-19)17(25)24-18(13,9-20)10-21/h3-6,8,24H,1H2,(H,23,26). The predicted molar refractivity (Wildman–Crippen MR) is 92.1 cm³/mol. The Morgan fingerprint density at radius 1 is 1.38 bits per heavy atom. The number of nitrogens with zero attached hydrogens (tertiary/aromatic N) is 5. The van der Waals surface area contributed by atoms with Crippen LogP contribution >= 0.6 is 0 Å². The van der Waals surface area contributed by atoms with Gasteiger partial charge < -0.3 is 15.2 Å². The summed E-state index contributed by atoms with van der Waals surface area (Å²) in [4.78, 5) is 14.9. The molecule has 0 bridgehead atoms. The van der Waals surface area contributed by atoms with Gasteiger partial charge in [0.05, 0.1) is 18.3 Å². The zero-order valence-corrected chi connectivity index (χ0v) is 13.2. The van der Waals surface area contributed by atoms with Crippen molar-refractivity contribution in [2.24, 2.45) is 0 Å². The molecule has 0 spiro atoms. The van der Waals surface area contributed by atoms with Crippen molar-refractivity contribution in [1.82, 2.24) is 4.57 Å². The Bertz CT molecular complexity index is 1110. The second-order valence-corrected chi connectivity index (χ2v) is 5.36. The highest BCUT2D eigenvalue weighted by atomic mass is 16.1. The molecule has 8 heteroatoms. The van der Waals surface area contributed by atoms with Crippen LogP contribution in [0.3, 0.4) is 0 Å². The third kappa shape index (κ3) is 2.16. The van der Waals surface area contributed by atoms with Crippen LogP contribution in [0, 0.1) is 40.6 Å². The predicted octanol–water partition coefficient (Wildman–Crippen LogP) is 2.69. The molecular weight excluding hydrogens is 330 g/mol. The van der Waals surface area contributed by atoms with E-state index in [1.807, 2.05) is 18.2 Å². The molecule has 0 aliphatic carbocycles. The highest BCUT2D eigenvalue weighted by Crippen LogP contribution is 2.43. The minimum Gasteiger partial charge on any atom is -0.338 e. The van der Waals surface area contributed by atoms with Gasteiger partial charge in [0.2, 0.25) is 17.1 Å². The van der Waals surface area contributed by atoms with Gasteiger partial charge in [-0.05, 0) is 18.2 Å². The van der Waals surface area contributed by atoms with Crippen molar-refractivity contribution in [1.29, 1.82) is 15.8 Å². The zero-order chi connectivity index (χ0) is 18.9. The summed E-state index contributed by atoms with van der Waals surface area (Å²) in [5.41, 5.74) is -0.412. The lowest BCUT2D eigenvalue weighted by Crippen LogP contribution is -2.37. The number of nitrogens with one attached hydrogen (secondary N) is 2. The molecule has 0 unspecified atom stereocenters.